The first-order chi connectivity index (χ1) is 10.3. The maximum Gasteiger partial charge on any atom is 0.146 e. The predicted octanol–water partition coefficient (Wildman–Crippen LogP) is 3.15. The highest BCUT2D eigenvalue weighted by Crippen LogP contribution is 2.13. The van der Waals surface area contributed by atoms with Crippen molar-refractivity contribution in [1.29, 1.82) is 0 Å². The van der Waals surface area contributed by atoms with Crippen molar-refractivity contribution in [3.63, 3.8) is 0 Å². The molecule has 2 aromatic carbocycles. The van der Waals surface area contributed by atoms with Gasteiger partial charge in [-0.25, -0.2) is 4.99 Å². The molecule has 1 heterocycles. The Morgan fingerprint density at radius 2 is 1.57 bits per heavy atom. The fourth-order valence-electron chi connectivity index (χ4n) is 1.83. The molecule has 0 bridgehead atoms. The molecule has 2 aromatic rings. The molecule has 21 heavy (non-hydrogen) atoms. The van der Waals surface area contributed by atoms with Gasteiger partial charge in [-0.05, 0) is 29.5 Å². The lowest BCUT2D eigenvalue weighted by molar-refractivity contribution is 0.222. The van der Waals surface area contributed by atoms with E-state index in [0.717, 1.165) is 11.4 Å². The maximum absolute atomic E-state index is 6.09. The molecule has 3 rings (SSSR count). The van der Waals surface area contributed by atoms with Crippen LogP contribution < -0.4 is 16.3 Å². The minimum atomic E-state index is 0.465. The Labute approximate surface area is 127 Å². The third kappa shape index (κ3) is 3.75. The first kappa shape index (κ1) is 13.5. The van der Waals surface area contributed by atoms with E-state index < -0.39 is 0 Å². The zero-order valence-corrected chi connectivity index (χ0v) is 11.9. The van der Waals surface area contributed by atoms with Gasteiger partial charge in [0.2, 0.25) is 0 Å². The molecule has 1 aliphatic heterocycles. The van der Waals surface area contributed by atoms with E-state index in [1.807, 2.05) is 60.7 Å². The number of para-hydroxylation sites is 2. The number of hydrogen-bond donors (Lipinski definition) is 3. The molecule has 0 spiro atoms. The summed E-state index contributed by atoms with van der Waals surface area (Å²) in [7, 11) is 0. The van der Waals surface area contributed by atoms with Gasteiger partial charge in [-0.3, -0.25) is 16.3 Å². The standard InChI is InChI=1S/C15H14ClN5/c16-14-11-15(17-12-7-3-1-4-8-12)20-21(19-14)18-13-9-5-2-6-10-13/h1-11,18-19H,(H,17,20). The number of aliphatic imine (C=N–C) groups is 1. The van der Waals surface area contributed by atoms with Crippen LogP contribution >= 0.6 is 11.6 Å². The lowest BCUT2D eigenvalue weighted by Gasteiger charge is -2.29. The smallest absolute Gasteiger partial charge is 0.146 e. The van der Waals surface area contributed by atoms with Crippen molar-refractivity contribution in [2.45, 2.75) is 0 Å². The zero-order valence-electron chi connectivity index (χ0n) is 11.1. The summed E-state index contributed by atoms with van der Waals surface area (Å²) in [6.07, 6.45) is 1.72. The van der Waals surface area contributed by atoms with Crippen LogP contribution in [0.2, 0.25) is 0 Å². The number of rotatable bonds is 3. The molecule has 0 atom stereocenters. The SMILES string of the molecule is ClC1=CC(=Nc2ccccc2)NN(Nc2ccccc2)N1. The van der Waals surface area contributed by atoms with Gasteiger partial charge in [0.1, 0.15) is 11.0 Å². The van der Waals surface area contributed by atoms with Gasteiger partial charge in [-0.2, -0.15) is 0 Å². The average molecular weight is 300 g/mol. The number of halogens is 1. The van der Waals surface area contributed by atoms with E-state index in [2.05, 4.69) is 21.3 Å². The van der Waals surface area contributed by atoms with Gasteiger partial charge in [0, 0.05) is 6.08 Å². The Balaban J connectivity index is 1.75. The van der Waals surface area contributed by atoms with Gasteiger partial charge in [0.25, 0.3) is 0 Å². The molecule has 1 aliphatic rings. The van der Waals surface area contributed by atoms with Crippen molar-refractivity contribution in [3.8, 4) is 0 Å². The number of nitrogens with zero attached hydrogens (tertiary/aromatic N) is 2. The highest BCUT2D eigenvalue weighted by Gasteiger charge is 2.13. The second-order valence-corrected chi connectivity index (χ2v) is 4.77. The number of hydrogen-bond acceptors (Lipinski definition) is 4. The number of nitrogens with one attached hydrogen (secondary N) is 3. The van der Waals surface area contributed by atoms with E-state index in [1.54, 1.807) is 11.3 Å². The Kier molecular flexibility index (Phi) is 4.04. The van der Waals surface area contributed by atoms with Crippen molar-refractivity contribution < 1.29 is 0 Å². The monoisotopic (exact) mass is 299 g/mol. The molecule has 0 saturated carbocycles. The number of benzene rings is 2. The Hall–Kier alpha value is -2.50. The van der Waals surface area contributed by atoms with Crippen LogP contribution in [0.5, 0.6) is 0 Å². The van der Waals surface area contributed by atoms with Gasteiger partial charge in [-0.1, -0.05) is 48.0 Å². The van der Waals surface area contributed by atoms with E-state index >= 15 is 0 Å². The Morgan fingerprint density at radius 3 is 2.29 bits per heavy atom. The van der Waals surface area contributed by atoms with Gasteiger partial charge in [0.15, 0.2) is 0 Å². The number of anilines is 1. The van der Waals surface area contributed by atoms with E-state index in [-0.39, 0.29) is 0 Å². The van der Waals surface area contributed by atoms with Crippen molar-refractivity contribution in [2.75, 3.05) is 5.43 Å². The molecular weight excluding hydrogens is 286 g/mol. The lowest BCUT2D eigenvalue weighted by atomic mass is 10.3. The summed E-state index contributed by atoms with van der Waals surface area (Å²) in [5, 5.41) is 2.02. The molecule has 3 N–H and O–H groups in total. The largest absolute Gasteiger partial charge is 0.283 e. The van der Waals surface area contributed by atoms with Crippen LogP contribution in [-0.4, -0.2) is 11.1 Å². The average Bonchev–Trinajstić information content (AvgIpc) is 2.48. The first-order valence-corrected chi connectivity index (χ1v) is 6.83. The first-order valence-electron chi connectivity index (χ1n) is 6.46. The molecule has 0 saturated heterocycles. The van der Waals surface area contributed by atoms with E-state index in [0.29, 0.717) is 11.0 Å². The third-order valence-electron chi connectivity index (χ3n) is 2.73. The molecule has 0 fully saturated rings. The van der Waals surface area contributed by atoms with Crippen LogP contribution in [0.15, 0.2) is 76.9 Å². The minimum Gasteiger partial charge on any atom is -0.283 e. The fraction of sp³-hybridized carbons (Fsp3) is 0. The van der Waals surface area contributed by atoms with Crippen molar-refractivity contribution in [1.82, 2.24) is 16.1 Å². The number of hydrazine groups is 3. The van der Waals surface area contributed by atoms with E-state index in [4.69, 9.17) is 11.6 Å². The molecule has 0 amide bonds. The van der Waals surface area contributed by atoms with Crippen LogP contribution in [0.25, 0.3) is 0 Å². The van der Waals surface area contributed by atoms with Gasteiger partial charge in [0.05, 0.1) is 11.4 Å². The molecule has 6 heteroatoms. The molecule has 0 aliphatic carbocycles. The van der Waals surface area contributed by atoms with Gasteiger partial charge < -0.3 is 0 Å². The van der Waals surface area contributed by atoms with Gasteiger partial charge in [-0.15, -0.1) is 0 Å². The summed E-state index contributed by atoms with van der Waals surface area (Å²) in [5.41, 5.74) is 10.9. The normalized spacial score (nSPS) is 16.8. The summed E-state index contributed by atoms with van der Waals surface area (Å²) in [5.74, 6) is 0.633. The molecule has 0 aromatic heterocycles. The van der Waals surface area contributed by atoms with Crippen molar-refractivity contribution in [3.05, 3.63) is 71.9 Å². The van der Waals surface area contributed by atoms with Crippen LogP contribution in [0, 0.1) is 0 Å². The summed E-state index contributed by atoms with van der Waals surface area (Å²) < 4.78 is 0. The van der Waals surface area contributed by atoms with Crippen LogP contribution in [0.3, 0.4) is 0 Å². The van der Waals surface area contributed by atoms with E-state index in [1.165, 1.54) is 0 Å². The molecule has 106 valence electrons. The lowest BCUT2D eigenvalue weighted by Crippen LogP contribution is -2.55. The summed E-state index contributed by atoms with van der Waals surface area (Å²) >= 11 is 6.09. The highest BCUT2D eigenvalue weighted by molar-refractivity contribution is 6.31. The van der Waals surface area contributed by atoms with Crippen molar-refractivity contribution >= 4 is 28.8 Å². The Morgan fingerprint density at radius 1 is 0.905 bits per heavy atom. The second-order valence-electron chi connectivity index (χ2n) is 4.36. The maximum atomic E-state index is 6.09. The topological polar surface area (TPSA) is 51.7 Å². The van der Waals surface area contributed by atoms with Crippen molar-refractivity contribution in [2.24, 2.45) is 4.99 Å². The summed E-state index contributed by atoms with van der Waals surface area (Å²) in [6, 6.07) is 19.4. The Bertz CT molecular complexity index is 654. The van der Waals surface area contributed by atoms with Crippen LogP contribution in [0.4, 0.5) is 11.4 Å². The molecular formula is C15H14ClN5. The van der Waals surface area contributed by atoms with E-state index in [9.17, 15) is 0 Å². The fourth-order valence-corrected chi connectivity index (χ4v) is 2.02. The molecule has 0 unspecified atom stereocenters. The minimum absolute atomic E-state index is 0.465. The van der Waals surface area contributed by atoms with Gasteiger partial charge >= 0.3 is 0 Å². The number of amidine groups is 1. The second kappa shape index (κ2) is 6.30. The molecule has 0 radical (unpaired) electrons. The zero-order chi connectivity index (χ0) is 14.5. The van der Waals surface area contributed by atoms with Crippen LogP contribution in [0.1, 0.15) is 0 Å². The highest BCUT2D eigenvalue weighted by atomic mass is 35.5. The molecule has 5 nitrogen and oxygen atoms in total. The van der Waals surface area contributed by atoms with Crippen LogP contribution in [-0.2, 0) is 0 Å². The summed E-state index contributed by atoms with van der Waals surface area (Å²) in [6.45, 7) is 0. The summed E-state index contributed by atoms with van der Waals surface area (Å²) in [4.78, 5) is 4.48. The quantitative estimate of drug-likeness (QED) is 0.762. The predicted molar refractivity (Wildman–Crippen MR) is 85.6 cm³/mol. The third-order valence-corrected chi connectivity index (χ3v) is 2.92.